The first kappa shape index (κ1) is 22.6. The van der Waals surface area contributed by atoms with Gasteiger partial charge in [-0.05, 0) is 36.8 Å². The number of Topliss-reactive ketones (excluding diaryl/α,β-unsaturated/α-hetero) is 1. The van der Waals surface area contributed by atoms with E-state index in [4.69, 9.17) is 4.74 Å². The minimum absolute atomic E-state index is 0.0737. The zero-order chi connectivity index (χ0) is 22.4. The van der Waals surface area contributed by atoms with E-state index in [1.807, 2.05) is 0 Å². The molecule has 31 heavy (non-hydrogen) atoms. The van der Waals surface area contributed by atoms with Crippen molar-refractivity contribution in [1.29, 1.82) is 0 Å². The number of nitrogens with zero attached hydrogens (tertiary/aromatic N) is 2. The Morgan fingerprint density at radius 1 is 0.968 bits per heavy atom. The lowest BCUT2D eigenvalue weighted by molar-refractivity contribution is -0.274. The highest BCUT2D eigenvalue weighted by Gasteiger charge is 2.31. The van der Waals surface area contributed by atoms with Crippen LogP contribution in [0.3, 0.4) is 0 Å². The fourth-order valence-corrected chi connectivity index (χ4v) is 3.25. The number of piperazine rings is 1. The van der Waals surface area contributed by atoms with E-state index >= 15 is 0 Å². The maximum Gasteiger partial charge on any atom is 0.573 e. The van der Waals surface area contributed by atoms with Crippen molar-refractivity contribution in [3.05, 3.63) is 59.7 Å². The van der Waals surface area contributed by atoms with E-state index in [2.05, 4.69) is 9.64 Å². The Hall–Kier alpha value is -3.07. The zero-order valence-corrected chi connectivity index (χ0v) is 17.0. The number of rotatable bonds is 7. The normalized spacial score (nSPS) is 14.9. The Bertz CT molecular complexity index is 908. The van der Waals surface area contributed by atoms with Gasteiger partial charge in [0.25, 0.3) is 5.91 Å². The third kappa shape index (κ3) is 6.99. The number of ether oxygens (including phenoxy) is 2. The first-order chi connectivity index (χ1) is 14.7. The Kier molecular flexibility index (Phi) is 7.17. The number of alkyl halides is 3. The van der Waals surface area contributed by atoms with Gasteiger partial charge in [0.1, 0.15) is 11.5 Å². The van der Waals surface area contributed by atoms with Gasteiger partial charge >= 0.3 is 6.36 Å². The van der Waals surface area contributed by atoms with Crippen LogP contribution in [-0.2, 0) is 11.3 Å². The van der Waals surface area contributed by atoms with Gasteiger partial charge in [0.05, 0.1) is 0 Å². The highest BCUT2D eigenvalue weighted by atomic mass is 19.4. The van der Waals surface area contributed by atoms with Crippen molar-refractivity contribution in [1.82, 2.24) is 9.80 Å². The summed E-state index contributed by atoms with van der Waals surface area (Å²) in [5, 5.41) is 0. The van der Waals surface area contributed by atoms with Crippen LogP contribution in [0.5, 0.6) is 11.5 Å². The van der Waals surface area contributed by atoms with Gasteiger partial charge in [-0.1, -0.05) is 24.3 Å². The molecule has 1 heterocycles. The van der Waals surface area contributed by atoms with Crippen LogP contribution in [0.15, 0.2) is 48.5 Å². The number of amides is 1. The van der Waals surface area contributed by atoms with Crippen molar-refractivity contribution < 1.29 is 32.2 Å². The number of carbonyl (C=O) groups is 2. The van der Waals surface area contributed by atoms with Crippen LogP contribution in [0, 0.1) is 0 Å². The average molecular weight is 436 g/mol. The molecule has 2 aromatic rings. The van der Waals surface area contributed by atoms with E-state index in [-0.39, 0.29) is 24.0 Å². The van der Waals surface area contributed by atoms with Crippen molar-refractivity contribution in [3.63, 3.8) is 0 Å². The average Bonchev–Trinajstić information content (AvgIpc) is 2.73. The van der Waals surface area contributed by atoms with Gasteiger partial charge in [-0.2, -0.15) is 0 Å². The number of hydrogen-bond acceptors (Lipinski definition) is 5. The highest BCUT2D eigenvalue weighted by Crippen LogP contribution is 2.23. The fraction of sp³-hybridized carbons (Fsp3) is 0.364. The molecule has 0 saturated carbocycles. The van der Waals surface area contributed by atoms with Gasteiger partial charge in [0, 0.05) is 38.3 Å². The van der Waals surface area contributed by atoms with Crippen LogP contribution in [0.4, 0.5) is 13.2 Å². The quantitative estimate of drug-likeness (QED) is 0.622. The lowest BCUT2D eigenvalue weighted by atomic mass is 10.1. The third-order valence-corrected chi connectivity index (χ3v) is 4.89. The minimum atomic E-state index is -4.70. The topological polar surface area (TPSA) is 59.1 Å². The van der Waals surface area contributed by atoms with Gasteiger partial charge in [-0.25, -0.2) is 0 Å². The maximum absolute atomic E-state index is 12.4. The summed E-state index contributed by atoms with van der Waals surface area (Å²) in [6.45, 7) is 4.29. The van der Waals surface area contributed by atoms with Gasteiger partial charge < -0.3 is 14.4 Å². The van der Waals surface area contributed by atoms with Crippen molar-refractivity contribution >= 4 is 11.7 Å². The van der Waals surface area contributed by atoms with Crippen molar-refractivity contribution in [3.8, 4) is 11.5 Å². The summed E-state index contributed by atoms with van der Waals surface area (Å²) in [5.74, 6) is 0.00934. The lowest BCUT2D eigenvalue weighted by Crippen LogP contribution is -2.49. The molecule has 166 valence electrons. The molecule has 2 aromatic carbocycles. The van der Waals surface area contributed by atoms with Gasteiger partial charge in [0.2, 0.25) is 0 Å². The van der Waals surface area contributed by atoms with Crippen LogP contribution < -0.4 is 9.47 Å². The van der Waals surface area contributed by atoms with Gasteiger partial charge in [-0.15, -0.1) is 13.2 Å². The van der Waals surface area contributed by atoms with Crippen molar-refractivity contribution in [2.24, 2.45) is 0 Å². The fourth-order valence-electron chi connectivity index (χ4n) is 3.25. The largest absolute Gasteiger partial charge is 0.573 e. The molecular formula is C22H23F3N2O4. The summed E-state index contributed by atoms with van der Waals surface area (Å²) in [6, 6.07) is 12.5. The van der Waals surface area contributed by atoms with Gasteiger partial charge in [-0.3, -0.25) is 14.5 Å². The van der Waals surface area contributed by atoms with Crippen molar-refractivity contribution in [2.75, 3.05) is 32.8 Å². The predicted octanol–water partition coefficient (Wildman–Crippen LogP) is 3.51. The second kappa shape index (κ2) is 9.82. The molecule has 0 bridgehead atoms. The van der Waals surface area contributed by atoms with E-state index in [9.17, 15) is 22.8 Å². The van der Waals surface area contributed by atoms with Crippen LogP contribution in [0.2, 0.25) is 0 Å². The molecule has 6 nitrogen and oxygen atoms in total. The monoisotopic (exact) mass is 436 g/mol. The molecule has 1 amide bonds. The molecule has 3 rings (SSSR count). The number of carbonyl (C=O) groups excluding carboxylic acids is 2. The molecular weight excluding hydrogens is 413 g/mol. The minimum Gasteiger partial charge on any atom is -0.484 e. The SMILES string of the molecule is CC(=O)c1cccc(OCC(=O)N2CCN(Cc3ccc(OC(F)(F)F)cc3)CC2)c1. The van der Waals surface area contributed by atoms with E-state index in [1.165, 1.54) is 19.1 Å². The summed E-state index contributed by atoms with van der Waals surface area (Å²) < 4.78 is 46.1. The number of ketones is 1. The maximum atomic E-state index is 12.4. The molecule has 0 aliphatic carbocycles. The first-order valence-corrected chi connectivity index (χ1v) is 9.78. The molecule has 1 fully saturated rings. The second-order valence-corrected chi connectivity index (χ2v) is 7.22. The number of hydrogen-bond donors (Lipinski definition) is 0. The molecule has 0 unspecified atom stereocenters. The molecule has 1 aliphatic rings. The van der Waals surface area contributed by atoms with Crippen LogP contribution >= 0.6 is 0 Å². The third-order valence-electron chi connectivity index (χ3n) is 4.89. The highest BCUT2D eigenvalue weighted by molar-refractivity contribution is 5.94. The Labute approximate surface area is 178 Å². The second-order valence-electron chi connectivity index (χ2n) is 7.22. The van der Waals surface area contributed by atoms with Crippen LogP contribution in [-0.4, -0.2) is 60.6 Å². The Morgan fingerprint density at radius 2 is 1.65 bits per heavy atom. The smallest absolute Gasteiger partial charge is 0.484 e. The molecule has 0 N–H and O–H groups in total. The van der Waals surface area contributed by atoms with Crippen molar-refractivity contribution in [2.45, 2.75) is 19.8 Å². The summed E-state index contributed by atoms with van der Waals surface area (Å²) >= 11 is 0. The Morgan fingerprint density at radius 3 is 2.26 bits per heavy atom. The first-order valence-electron chi connectivity index (χ1n) is 9.78. The molecule has 1 saturated heterocycles. The van der Waals surface area contributed by atoms with Crippen LogP contribution in [0.25, 0.3) is 0 Å². The standard InChI is InChI=1S/C22H23F3N2O4/c1-16(28)18-3-2-4-20(13-18)30-15-21(29)27-11-9-26(10-12-27)14-17-5-7-19(8-6-17)31-22(23,24)25/h2-8,13H,9-12,14-15H2,1H3. The molecule has 0 spiro atoms. The predicted molar refractivity (Wildman–Crippen MR) is 107 cm³/mol. The molecule has 1 aliphatic heterocycles. The summed E-state index contributed by atoms with van der Waals surface area (Å²) in [7, 11) is 0. The van der Waals surface area contributed by atoms with E-state index < -0.39 is 6.36 Å². The summed E-state index contributed by atoms with van der Waals surface area (Å²) in [6.07, 6.45) is -4.70. The lowest BCUT2D eigenvalue weighted by Gasteiger charge is -2.34. The van der Waals surface area contributed by atoms with Gasteiger partial charge in [0.15, 0.2) is 12.4 Å². The molecule has 0 radical (unpaired) electrons. The zero-order valence-electron chi connectivity index (χ0n) is 17.0. The molecule has 0 atom stereocenters. The Balaban J connectivity index is 1.43. The molecule has 9 heteroatoms. The van der Waals surface area contributed by atoms with E-state index in [1.54, 1.807) is 41.3 Å². The number of benzene rings is 2. The summed E-state index contributed by atoms with van der Waals surface area (Å²) in [5.41, 5.74) is 1.39. The molecule has 0 aromatic heterocycles. The van der Waals surface area contributed by atoms with Crippen LogP contribution in [0.1, 0.15) is 22.8 Å². The number of halogens is 3. The van der Waals surface area contributed by atoms with E-state index in [0.29, 0.717) is 44.0 Å². The van der Waals surface area contributed by atoms with E-state index in [0.717, 1.165) is 5.56 Å². The summed E-state index contributed by atoms with van der Waals surface area (Å²) in [4.78, 5) is 27.7.